The molecule has 0 saturated carbocycles. The minimum atomic E-state index is -0.0191. The highest BCUT2D eigenvalue weighted by molar-refractivity contribution is 5.69. The highest BCUT2D eigenvalue weighted by Gasteiger charge is 2.25. The number of carbonyl (C=O) groups is 1. The third kappa shape index (κ3) is 10.6. The number of ether oxygens (including phenoxy) is 1. The number of unbranched alkanes of at least 4 members (excludes halogenated alkanes) is 5. The van der Waals surface area contributed by atoms with Crippen molar-refractivity contribution in [3.8, 4) is 0 Å². The van der Waals surface area contributed by atoms with Crippen molar-refractivity contribution in [3.05, 3.63) is 35.9 Å². The lowest BCUT2D eigenvalue weighted by Crippen LogP contribution is -2.25. The van der Waals surface area contributed by atoms with E-state index in [2.05, 4.69) is 45.0 Å². The summed E-state index contributed by atoms with van der Waals surface area (Å²) in [5.41, 5.74) is 1.50. The first-order valence-electron chi connectivity index (χ1n) is 10.8. The quantitative estimate of drug-likeness (QED) is 0.246. The monoisotopic (exact) mass is 360 g/mol. The summed E-state index contributed by atoms with van der Waals surface area (Å²) in [5.74, 6) is -0.0191. The SMILES string of the molecule is CCCCCCC(C)(CCCC)COC(=O)CCCCc1ccccc1. The zero-order valence-corrected chi connectivity index (χ0v) is 17.4. The second-order valence-electron chi connectivity index (χ2n) is 8.08. The Labute approximate surface area is 161 Å². The van der Waals surface area contributed by atoms with Crippen LogP contribution in [0.5, 0.6) is 0 Å². The minimum Gasteiger partial charge on any atom is -0.465 e. The highest BCUT2D eigenvalue weighted by Crippen LogP contribution is 2.31. The van der Waals surface area contributed by atoms with Crippen LogP contribution in [0, 0.1) is 5.41 Å². The molecule has 0 fully saturated rings. The lowest BCUT2D eigenvalue weighted by Gasteiger charge is -2.29. The summed E-state index contributed by atoms with van der Waals surface area (Å²) in [6.45, 7) is 7.38. The fourth-order valence-corrected chi connectivity index (χ4v) is 3.42. The maximum absolute atomic E-state index is 12.1. The minimum absolute atomic E-state index is 0.0191. The molecule has 26 heavy (non-hydrogen) atoms. The summed E-state index contributed by atoms with van der Waals surface area (Å²) in [5, 5.41) is 0. The molecular formula is C24H40O2. The Hall–Kier alpha value is -1.31. The van der Waals surface area contributed by atoms with Crippen molar-refractivity contribution < 1.29 is 9.53 Å². The molecule has 0 N–H and O–H groups in total. The number of hydrogen-bond acceptors (Lipinski definition) is 2. The molecule has 0 saturated heterocycles. The second kappa shape index (κ2) is 13.8. The normalized spacial score (nSPS) is 13.3. The molecule has 148 valence electrons. The fourth-order valence-electron chi connectivity index (χ4n) is 3.42. The molecule has 1 aromatic rings. The molecule has 0 heterocycles. The van der Waals surface area contributed by atoms with Crippen LogP contribution >= 0.6 is 0 Å². The Bertz CT molecular complexity index is 468. The molecule has 1 atom stereocenters. The first kappa shape index (κ1) is 22.7. The van der Waals surface area contributed by atoms with Gasteiger partial charge >= 0.3 is 5.97 Å². The largest absolute Gasteiger partial charge is 0.465 e. The maximum atomic E-state index is 12.1. The molecule has 1 aromatic carbocycles. The van der Waals surface area contributed by atoms with Crippen LogP contribution in [-0.2, 0) is 16.0 Å². The van der Waals surface area contributed by atoms with E-state index in [9.17, 15) is 4.79 Å². The van der Waals surface area contributed by atoms with Gasteiger partial charge in [0.15, 0.2) is 0 Å². The van der Waals surface area contributed by atoms with Crippen molar-refractivity contribution in [2.75, 3.05) is 6.61 Å². The van der Waals surface area contributed by atoms with Crippen LogP contribution < -0.4 is 0 Å². The molecule has 0 aliphatic rings. The van der Waals surface area contributed by atoms with E-state index in [-0.39, 0.29) is 11.4 Å². The van der Waals surface area contributed by atoms with E-state index < -0.39 is 0 Å². The number of benzene rings is 1. The number of esters is 1. The van der Waals surface area contributed by atoms with E-state index in [1.165, 1.54) is 50.5 Å². The molecule has 2 nitrogen and oxygen atoms in total. The van der Waals surface area contributed by atoms with E-state index in [0.717, 1.165) is 25.7 Å². The summed E-state index contributed by atoms with van der Waals surface area (Å²) in [7, 11) is 0. The van der Waals surface area contributed by atoms with Crippen LogP contribution in [0.25, 0.3) is 0 Å². The summed E-state index contributed by atoms with van der Waals surface area (Å²) in [6.07, 6.45) is 13.4. The Morgan fingerprint density at radius 2 is 1.58 bits per heavy atom. The van der Waals surface area contributed by atoms with E-state index in [4.69, 9.17) is 4.74 Å². The summed E-state index contributed by atoms with van der Waals surface area (Å²) < 4.78 is 5.67. The van der Waals surface area contributed by atoms with Crippen LogP contribution in [-0.4, -0.2) is 12.6 Å². The molecular weight excluding hydrogens is 320 g/mol. The van der Waals surface area contributed by atoms with Gasteiger partial charge in [0, 0.05) is 11.8 Å². The Morgan fingerprint density at radius 3 is 2.27 bits per heavy atom. The van der Waals surface area contributed by atoms with E-state index in [1.807, 2.05) is 6.07 Å². The van der Waals surface area contributed by atoms with Gasteiger partial charge in [0.2, 0.25) is 0 Å². The molecule has 1 rings (SSSR count). The molecule has 1 unspecified atom stereocenters. The summed E-state index contributed by atoms with van der Waals surface area (Å²) >= 11 is 0. The number of hydrogen-bond donors (Lipinski definition) is 0. The van der Waals surface area contributed by atoms with Gasteiger partial charge in [-0.3, -0.25) is 4.79 Å². The molecule has 0 aromatic heterocycles. The molecule has 0 radical (unpaired) electrons. The lowest BCUT2D eigenvalue weighted by molar-refractivity contribution is -0.147. The average Bonchev–Trinajstić information content (AvgIpc) is 2.66. The molecule has 0 aliphatic heterocycles. The molecule has 0 aliphatic carbocycles. The van der Waals surface area contributed by atoms with Crippen molar-refractivity contribution in [1.82, 2.24) is 0 Å². The van der Waals surface area contributed by atoms with Crippen LogP contribution in [0.2, 0.25) is 0 Å². The van der Waals surface area contributed by atoms with Gasteiger partial charge in [-0.05, 0) is 37.7 Å². The highest BCUT2D eigenvalue weighted by atomic mass is 16.5. The van der Waals surface area contributed by atoms with Crippen molar-refractivity contribution in [2.24, 2.45) is 5.41 Å². The van der Waals surface area contributed by atoms with Crippen molar-refractivity contribution in [3.63, 3.8) is 0 Å². The van der Waals surface area contributed by atoms with Gasteiger partial charge in [-0.1, -0.05) is 89.6 Å². The Morgan fingerprint density at radius 1 is 0.885 bits per heavy atom. The molecule has 2 heteroatoms. The van der Waals surface area contributed by atoms with Gasteiger partial charge in [-0.15, -0.1) is 0 Å². The topological polar surface area (TPSA) is 26.3 Å². The molecule has 0 spiro atoms. The first-order chi connectivity index (χ1) is 12.6. The zero-order valence-electron chi connectivity index (χ0n) is 17.4. The zero-order chi connectivity index (χ0) is 19.1. The van der Waals surface area contributed by atoms with Crippen LogP contribution in [0.1, 0.15) is 97.0 Å². The van der Waals surface area contributed by atoms with Gasteiger partial charge in [0.25, 0.3) is 0 Å². The van der Waals surface area contributed by atoms with Gasteiger partial charge in [-0.25, -0.2) is 0 Å². The standard InChI is InChI=1S/C24H40O2/c1-4-6-8-14-20-24(3,19-7-5-2)21-26-23(25)18-13-12-17-22-15-10-9-11-16-22/h9-11,15-16H,4-8,12-14,17-21H2,1-3H3. The van der Waals surface area contributed by atoms with Crippen LogP contribution in [0.4, 0.5) is 0 Å². The maximum Gasteiger partial charge on any atom is 0.305 e. The van der Waals surface area contributed by atoms with Gasteiger partial charge in [-0.2, -0.15) is 0 Å². The van der Waals surface area contributed by atoms with E-state index >= 15 is 0 Å². The van der Waals surface area contributed by atoms with E-state index in [0.29, 0.717) is 13.0 Å². The fraction of sp³-hybridized carbons (Fsp3) is 0.708. The first-order valence-corrected chi connectivity index (χ1v) is 10.8. The van der Waals surface area contributed by atoms with Crippen molar-refractivity contribution in [2.45, 2.75) is 97.8 Å². The smallest absolute Gasteiger partial charge is 0.305 e. The third-order valence-corrected chi connectivity index (χ3v) is 5.29. The Kier molecular flexibility index (Phi) is 12.1. The van der Waals surface area contributed by atoms with Crippen molar-refractivity contribution >= 4 is 5.97 Å². The number of aryl methyl sites for hydroxylation is 1. The lowest BCUT2D eigenvalue weighted by atomic mass is 9.80. The second-order valence-corrected chi connectivity index (χ2v) is 8.08. The van der Waals surface area contributed by atoms with Crippen LogP contribution in [0.3, 0.4) is 0 Å². The number of carbonyl (C=O) groups excluding carboxylic acids is 1. The van der Waals surface area contributed by atoms with E-state index in [1.54, 1.807) is 0 Å². The van der Waals surface area contributed by atoms with Gasteiger partial charge in [0.1, 0.15) is 0 Å². The number of rotatable bonds is 15. The molecule has 0 amide bonds. The Balaban J connectivity index is 2.25. The van der Waals surface area contributed by atoms with Crippen LogP contribution in [0.15, 0.2) is 30.3 Å². The van der Waals surface area contributed by atoms with Crippen molar-refractivity contribution in [1.29, 1.82) is 0 Å². The summed E-state index contributed by atoms with van der Waals surface area (Å²) in [4.78, 5) is 12.1. The predicted octanol–water partition coefficient (Wildman–Crippen LogP) is 7.11. The molecule has 0 bridgehead atoms. The average molecular weight is 361 g/mol. The van der Waals surface area contributed by atoms with Gasteiger partial charge < -0.3 is 4.74 Å². The summed E-state index contributed by atoms with van der Waals surface area (Å²) in [6, 6.07) is 10.5. The predicted molar refractivity (Wildman–Crippen MR) is 111 cm³/mol. The third-order valence-electron chi connectivity index (χ3n) is 5.29. The van der Waals surface area contributed by atoms with Gasteiger partial charge in [0.05, 0.1) is 6.61 Å².